The van der Waals surface area contributed by atoms with Gasteiger partial charge in [0.1, 0.15) is 0 Å². The summed E-state index contributed by atoms with van der Waals surface area (Å²) >= 11 is 1.68. The number of aromatic nitrogens is 1. The van der Waals surface area contributed by atoms with Crippen molar-refractivity contribution >= 4 is 11.3 Å². The van der Waals surface area contributed by atoms with E-state index in [0.29, 0.717) is 0 Å². The second kappa shape index (κ2) is 4.01. The summed E-state index contributed by atoms with van der Waals surface area (Å²) in [4.78, 5) is 4.24. The first-order chi connectivity index (χ1) is 5.95. The Balaban J connectivity index is 1.56. The van der Waals surface area contributed by atoms with E-state index < -0.39 is 0 Å². The van der Waals surface area contributed by atoms with Crippen LogP contribution in [0.3, 0.4) is 0 Å². The molecule has 66 valence electrons. The summed E-state index contributed by atoms with van der Waals surface area (Å²) in [5.41, 5.74) is 3.15. The molecule has 0 atom stereocenters. The standard InChI is InChI=1S/C9H14N2S/c1(5-10-8-3-4-8)2-9-6-12-7-11-9/h6-8,10H,1-5H2. The minimum atomic E-state index is 0.848. The van der Waals surface area contributed by atoms with E-state index in [0.717, 1.165) is 19.0 Å². The Morgan fingerprint density at radius 3 is 3.17 bits per heavy atom. The van der Waals surface area contributed by atoms with E-state index in [1.54, 1.807) is 11.3 Å². The highest BCUT2D eigenvalue weighted by atomic mass is 32.1. The zero-order chi connectivity index (χ0) is 8.23. The van der Waals surface area contributed by atoms with Crippen molar-refractivity contribution < 1.29 is 0 Å². The van der Waals surface area contributed by atoms with Crippen LogP contribution in [0.25, 0.3) is 0 Å². The molecule has 0 unspecified atom stereocenters. The lowest BCUT2D eigenvalue weighted by atomic mass is 10.2. The maximum atomic E-state index is 4.24. The summed E-state index contributed by atoms with van der Waals surface area (Å²) in [6.45, 7) is 1.15. The lowest BCUT2D eigenvalue weighted by molar-refractivity contribution is 0.642. The second-order valence-electron chi connectivity index (χ2n) is 3.31. The monoisotopic (exact) mass is 182 g/mol. The zero-order valence-electron chi connectivity index (χ0n) is 7.12. The van der Waals surface area contributed by atoms with Crippen LogP contribution in [0.4, 0.5) is 0 Å². The van der Waals surface area contributed by atoms with Crippen molar-refractivity contribution in [1.29, 1.82) is 0 Å². The molecule has 0 spiro atoms. The van der Waals surface area contributed by atoms with Gasteiger partial charge in [0.05, 0.1) is 11.2 Å². The minimum Gasteiger partial charge on any atom is -0.314 e. The third-order valence-electron chi connectivity index (χ3n) is 2.10. The van der Waals surface area contributed by atoms with Gasteiger partial charge in [-0.1, -0.05) is 0 Å². The maximum absolute atomic E-state index is 4.24. The molecule has 1 aliphatic rings. The number of hydrogen-bond donors (Lipinski definition) is 1. The summed E-state index contributed by atoms with van der Waals surface area (Å²) in [7, 11) is 0. The molecule has 1 saturated carbocycles. The highest BCUT2D eigenvalue weighted by Crippen LogP contribution is 2.18. The van der Waals surface area contributed by atoms with Crippen molar-refractivity contribution in [3.05, 3.63) is 16.6 Å². The van der Waals surface area contributed by atoms with Crippen LogP contribution >= 0.6 is 11.3 Å². The van der Waals surface area contributed by atoms with Gasteiger partial charge >= 0.3 is 0 Å². The van der Waals surface area contributed by atoms with Crippen LogP contribution in [0.15, 0.2) is 10.9 Å². The molecule has 12 heavy (non-hydrogen) atoms. The molecule has 0 amide bonds. The molecule has 1 N–H and O–H groups in total. The maximum Gasteiger partial charge on any atom is 0.0794 e. The van der Waals surface area contributed by atoms with Gasteiger partial charge < -0.3 is 5.32 Å². The molecular formula is C9H14N2S. The second-order valence-corrected chi connectivity index (χ2v) is 4.03. The van der Waals surface area contributed by atoms with Crippen LogP contribution in [0.5, 0.6) is 0 Å². The first-order valence-corrected chi connectivity index (χ1v) is 5.50. The average Bonchev–Trinajstić information content (AvgIpc) is 2.76. The molecule has 0 saturated heterocycles. The highest BCUT2D eigenvalue weighted by molar-refractivity contribution is 7.07. The molecule has 1 aromatic heterocycles. The van der Waals surface area contributed by atoms with Gasteiger partial charge in [-0.3, -0.25) is 0 Å². The van der Waals surface area contributed by atoms with Gasteiger partial charge in [-0.05, 0) is 32.2 Å². The Kier molecular flexibility index (Phi) is 2.74. The molecule has 1 fully saturated rings. The van der Waals surface area contributed by atoms with Crippen LogP contribution in [0.2, 0.25) is 0 Å². The van der Waals surface area contributed by atoms with Crippen molar-refractivity contribution in [2.24, 2.45) is 0 Å². The van der Waals surface area contributed by atoms with Gasteiger partial charge in [0.25, 0.3) is 0 Å². The number of hydrogen-bond acceptors (Lipinski definition) is 3. The molecule has 1 aliphatic carbocycles. The van der Waals surface area contributed by atoms with E-state index in [9.17, 15) is 0 Å². The van der Waals surface area contributed by atoms with Crippen LogP contribution in [0, 0.1) is 0 Å². The summed E-state index contributed by atoms with van der Waals surface area (Å²) in [6.07, 6.45) is 5.12. The molecule has 0 aliphatic heterocycles. The highest BCUT2D eigenvalue weighted by Gasteiger charge is 2.19. The summed E-state index contributed by atoms with van der Waals surface area (Å²) in [5, 5.41) is 5.63. The van der Waals surface area contributed by atoms with Crippen LogP contribution in [-0.4, -0.2) is 17.6 Å². The quantitative estimate of drug-likeness (QED) is 0.703. The fourth-order valence-corrected chi connectivity index (χ4v) is 1.82. The fraction of sp³-hybridized carbons (Fsp3) is 0.667. The Hall–Kier alpha value is -0.410. The molecule has 0 aromatic carbocycles. The molecular weight excluding hydrogens is 168 g/mol. The normalized spacial score (nSPS) is 16.7. The van der Waals surface area contributed by atoms with Crippen molar-refractivity contribution in [2.45, 2.75) is 31.7 Å². The van der Waals surface area contributed by atoms with Crippen molar-refractivity contribution in [2.75, 3.05) is 6.54 Å². The Bertz CT molecular complexity index is 216. The number of aryl methyl sites for hydroxylation is 1. The molecule has 0 bridgehead atoms. The van der Waals surface area contributed by atoms with Crippen molar-refractivity contribution in [1.82, 2.24) is 10.3 Å². The first kappa shape index (κ1) is 8.20. The topological polar surface area (TPSA) is 24.9 Å². The van der Waals surface area contributed by atoms with Gasteiger partial charge in [0, 0.05) is 11.4 Å². The summed E-state index contributed by atoms with van der Waals surface area (Å²) in [5.74, 6) is 0. The van der Waals surface area contributed by atoms with E-state index in [2.05, 4.69) is 15.7 Å². The van der Waals surface area contributed by atoms with Gasteiger partial charge in [-0.2, -0.15) is 0 Å². The molecule has 1 heterocycles. The fourth-order valence-electron chi connectivity index (χ4n) is 1.22. The molecule has 1 aromatic rings. The molecule has 0 radical (unpaired) electrons. The third-order valence-corrected chi connectivity index (χ3v) is 2.74. The van der Waals surface area contributed by atoms with Gasteiger partial charge in [0.15, 0.2) is 0 Å². The third kappa shape index (κ3) is 2.57. The minimum absolute atomic E-state index is 0.848. The van der Waals surface area contributed by atoms with Crippen LogP contribution in [0.1, 0.15) is 25.0 Å². The number of thiazole rings is 1. The van der Waals surface area contributed by atoms with Gasteiger partial charge in [0.2, 0.25) is 0 Å². The largest absolute Gasteiger partial charge is 0.314 e. The first-order valence-electron chi connectivity index (χ1n) is 4.55. The summed E-state index contributed by atoms with van der Waals surface area (Å²) < 4.78 is 0. The Morgan fingerprint density at radius 1 is 1.58 bits per heavy atom. The van der Waals surface area contributed by atoms with Crippen molar-refractivity contribution in [3.63, 3.8) is 0 Å². The Labute approximate surface area is 77.0 Å². The van der Waals surface area contributed by atoms with E-state index in [-0.39, 0.29) is 0 Å². The molecule has 2 rings (SSSR count). The van der Waals surface area contributed by atoms with E-state index >= 15 is 0 Å². The predicted molar refractivity (Wildman–Crippen MR) is 51.5 cm³/mol. The molecule has 3 heteroatoms. The lowest BCUT2D eigenvalue weighted by Gasteiger charge is -1.99. The predicted octanol–water partition coefficient (Wildman–Crippen LogP) is 1.83. The Morgan fingerprint density at radius 2 is 2.50 bits per heavy atom. The number of rotatable bonds is 5. The SMILES string of the molecule is c1nc(CCCNC2CC2)cs1. The van der Waals surface area contributed by atoms with Crippen LogP contribution in [-0.2, 0) is 6.42 Å². The van der Waals surface area contributed by atoms with Gasteiger partial charge in [-0.15, -0.1) is 11.3 Å². The zero-order valence-corrected chi connectivity index (χ0v) is 7.94. The van der Waals surface area contributed by atoms with E-state index in [1.807, 2.05) is 5.51 Å². The van der Waals surface area contributed by atoms with E-state index in [4.69, 9.17) is 0 Å². The average molecular weight is 182 g/mol. The van der Waals surface area contributed by atoms with Crippen LogP contribution < -0.4 is 5.32 Å². The van der Waals surface area contributed by atoms with E-state index in [1.165, 1.54) is 25.0 Å². The van der Waals surface area contributed by atoms with Crippen molar-refractivity contribution in [3.8, 4) is 0 Å². The smallest absolute Gasteiger partial charge is 0.0794 e. The number of nitrogens with zero attached hydrogens (tertiary/aromatic N) is 1. The number of nitrogens with one attached hydrogen (secondary N) is 1. The molecule has 2 nitrogen and oxygen atoms in total. The summed E-state index contributed by atoms with van der Waals surface area (Å²) in [6, 6.07) is 0.848. The lowest BCUT2D eigenvalue weighted by Crippen LogP contribution is -2.17. The van der Waals surface area contributed by atoms with Gasteiger partial charge in [-0.25, -0.2) is 4.98 Å².